The van der Waals surface area contributed by atoms with Crippen LogP contribution in [0, 0.1) is 12.8 Å². The van der Waals surface area contributed by atoms with Crippen molar-refractivity contribution in [2.45, 2.75) is 13.3 Å². The molecule has 0 spiro atoms. The summed E-state index contributed by atoms with van der Waals surface area (Å²) >= 11 is 0. The van der Waals surface area contributed by atoms with Crippen LogP contribution < -0.4 is 0 Å². The molecule has 4 heteroatoms. The van der Waals surface area contributed by atoms with Crippen LogP contribution in [0.1, 0.15) is 11.1 Å². The molecule has 0 aliphatic rings. The second-order valence-electron chi connectivity index (χ2n) is 3.60. The van der Waals surface area contributed by atoms with Crippen molar-refractivity contribution in [3.05, 3.63) is 35.4 Å². The summed E-state index contributed by atoms with van der Waals surface area (Å²) in [6.45, 7) is 1.97. The highest BCUT2D eigenvalue weighted by Gasteiger charge is 2.09. The Labute approximate surface area is 91.1 Å². The van der Waals surface area contributed by atoms with E-state index >= 15 is 0 Å². The van der Waals surface area contributed by atoms with Crippen LogP contribution in [0.3, 0.4) is 0 Å². The Morgan fingerprint density at radius 1 is 1.40 bits per heavy atom. The molecule has 0 aliphatic carbocycles. The lowest BCUT2D eigenvalue weighted by molar-refractivity contribution is -0.110. The molecule has 0 fully saturated rings. The van der Waals surface area contributed by atoms with E-state index in [9.17, 15) is 13.2 Å². The SMILES string of the molecule is Cc1cccc(CC(C=O)C[SH](=O)=O)c1. The van der Waals surface area contributed by atoms with Crippen LogP contribution in [0.2, 0.25) is 0 Å². The zero-order valence-electron chi connectivity index (χ0n) is 8.55. The number of benzene rings is 1. The van der Waals surface area contributed by atoms with Gasteiger partial charge in [0.1, 0.15) is 17.0 Å². The Bertz CT molecular complexity index is 402. The minimum Gasteiger partial charge on any atom is -0.303 e. The second kappa shape index (κ2) is 5.66. The van der Waals surface area contributed by atoms with Crippen molar-refractivity contribution >= 4 is 17.0 Å². The van der Waals surface area contributed by atoms with E-state index in [0.29, 0.717) is 12.7 Å². The van der Waals surface area contributed by atoms with E-state index in [1.54, 1.807) is 0 Å². The molecule has 0 aromatic heterocycles. The van der Waals surface area contributed by atoms with Gasteiger partial charge in [0.25, 0.3) is 0 Å². The largest absolute Gasteiger partial charge is 0.303 e. The third kappa shape index (κ3) is 4.25. The van der Waals surface area contributed by atoms with E-state index in [-0.39, 0.29) is 5.75 Å². The molecule has 3 nitrogen and oxygen atoms in total. The highest BCUT2D eigenvalue weighted by atomic mass is 32.2. The van der Waals surface area contributed by atoms with Gasteiger partial charge in [0, 0.05) is 5.92 Å². The van der Waals surface area contributed by atoms with Crippen molar-refractivity contribution in [1.29, 1.82) is 0 Å². The van der Waals surface area contributed by atoms with Gasteiger partial charge in [0.05, 0.1) is 5.75 Å². The van der Waals surface area contributed by atoms with Gasteiger partial charge in [-0.2, -0.15) is 0 Å². The van der Waals surface area contributed by atoms with E-state index in [0.717, 1.165) is 11.1 Å². The van der Waals surface area contributed by atoms with Gasteiger partial charge in [-0.05, 0) is 18.9 Å². The van der Waals surface area contributed by atoms with Crippen LogP contribution in [-0.2, 0) is 21.9 Å². The maximum Gasteiger partial charge on any atom is 0.140 e. The first-order valence-corrected chi connectivity index (χ1v) is 6.10. The highest BCUT2D eigenvalue weighted by molar-refractivity contribution is 7.72. The molecule has 0 aliphatic heterocycles. The van der Waals surface area contributed by atoms with E-state index < -0.39 is 16.6 Å². The molecule has 0 bridgehead atoms. The number of thiol groups is 1. The predicted octanol–water partition coefficient (Wildman–Crippen LogP) is 0.964. The number of aryl methyl sites for hydroxylation is 1. The molecule has 82 valence electrons. The van der Waals surface area contributed by atoms with Gasteiger partial charge in [-0.15, -0.1) is 0 Å². The van der Waals surface area contributed by atoms with Gasteiger partial charge >= 0.3 is 0 Å². The zero-order chi connectivity index (χ0) is 11.3. The van der Waals surface area contributed by atoms with Crippen molar-refractivity contribution < 1.29 is 13.2 Å². The average Bonchev–Trinajstić information content (AvgIpc) is 2.16. The van der Waals surface area contributed by atoms with E-state index in [1.165, 1.54) is 0 Å². The first kappa shape index (κ1) is 11.9. The molecule has 1 unspecified atom stereocenters. The van der Waals surface area contributed by atoms with Crippen molar-refractivity contribution in [1.82, 2.24) is 0 Å². The molecule has 1 aromatic carbocycles. The van der Waals surface area contributed by atoms with Crippen molar-refractivity contribution in [3.8, 4) is 0 Å². The summed E-state index contributed by atoms with van der Waals surface area (Å²) in [5.41, 5.74) is 2.12. The first-order valence-electron chi connectivity index (χ1n) is 4.74. The molecule has 1 atom stereocenters. The number of hydrogen-bond donors (Lipinski definition) is 1. The number of rotatable bonds is 5. The van der Waals surface area contributed by atoms with Crippen LogP contribution in [-0.4, -0.2) is 20.5 Å². The maximum absolute atomic E-state index is 10.7. The van der Waals surface area contributed by atoms with Gasteiger partial charge in [-0.3, -0.25) is 0 Å². The number of aldehydes is 1. The molecule has 1 aromatic rings. The topological polar surface area (TPSA) is 51.2 Å². The zero-order valence-corrected chi connectivity index (χ0v) is 9.44. The summed E-state index contributed by atoms with van der Waals surface area (Å²) < 4.78 is 21.0. The Kier molecular flexibility index (Phi) is 4.49. The standard InChI is InChI=1S/C11H14O3S/c1-9-3-2-4-10(5-9)6-11(7-12)8-15(13)14/h2-5,7,11,15H,6,8H2,1H3. The average molecular weight is 226 g/mol. The Morgan fingerprint density at radius 2 is 2.13 bits per heavy atom. The molecular formula is C11H14O3S. The highest BCUT2D eigenvalue weighted by Crippen LogP contribution is 2.09. The second-order valence-corrected chi connectivity index (χ2v) is 4.64. The predicted molar refractivity (Wildman–Crippen MR) is 59.6 cm³/mol. The van der Waals surface area contributed by atoms with Gasteiger partial charge in [0.2, 0.25) is 0 Å². The Balaban J connectivity index is 2.70. The molecular weight excluding hydrogens is 212 g/mol. The minimum atomic E-state index is -2.48. The van der Waals surface area contributed by atoms with E-state index in [2.05, 4.69) is 0 Å². The summed E-state index contributed by atoms with van der Waals surface area (Å²) in [6.07, 6.45) is 1.21. The molecule has 15 heavy (non-hydrogen) atoms. The Morgan fingerprint density at radius 3 is 2.67 bits per heavy atom. The third-order valence-electron chi connectivity index (χ3n) is 2.16. The monoisotopic (exact) mass is 226 g/mol. The molecule has 0 saturated carbocycles. The van der Waals surface area contributed by atoms with Crippen molar-refractivity contribution in [2.24, 2.45) is 5.92 Å². The molecule has 0 radical (unpaired) electrons. The lowest BCUT2D eigenvalue weighted by atomic mass is 10.0. The van der Waals surface area contributed by atoms with Crippen molar-refractivity contribution in [2.75, 3.05) is 5.75 Å². The minimum absolute atomic E-state index is 0.0627. The molecule has 1 rings (SSSR count). The van der Waals surface area contributed by atoms with Crippen LogP contribution in [0.4, 0.5) is 0 Å². The summed E-state index contributed by atoms with van der Waals surface area (Å²) in [7, 11) is -2.48. The summed E-state index contributed by atoms with van der Waals surface area (Å²) in [6, 6.07) is 7.74. The fourth-order valence-corrected chi connectivity index (χ4v) is 2.09. The first-order chi connectivity index (χ1) is 7.11. The fourth-order valence-electron chi connectivity index (χ4n) is 1.49. The lowest BCUT2D eigenvalue weighted by Gasteiger charge is -2.06. The van der Waals surface area contributed by atoms with E-state index in [4.69, 9.17) is 0 Å². The van der Waals surface area contributed by atoms with Crippen LogP contribution in [0.5, 0.6) is 0 Å². The quantitative estimate of drug-likeness (QED) is 0.601. The fraction of sp³-hybridized carbons (Fsp3) is 0.364. The van der Waals surface area contributed by atoms with Crippen LogP contribution in [0.25, 0.3) is 0 Å². The normalized spacial score (nSPS) is 12.7. The Hall–Kier alpha value is -1.16. The van der Waals surface area contributed by atoms with Gasteiger partial charge < -0.3 is 4.79 Å². The smallest absolute Gasteiger partial charge is 0.140 e. The van der Waals surface area contributed by atoms with Gasteiger partial charge in [0.15, 0.2) is 0 Å². The van der Waals surface area contributed by atoms with Crippen molar-refractivity contribution in [3.63, 3.8) is 0 Å². The third-order valence-corrected chi connectivity index (χ3v) is 2.92. The number of carbonyl (C=O) groups excluding carboxylic acids is 1. The molecule has 0 N–H and O–H groups in total. The maximum atomic E-state index is 10.7. The van der Waals surface area contributed by atoms with Crippen LogP contribution in [0.15, 0.2) is 24.3 Å². The molecule has 0 heterocycles. The van der Waals surface area contributed by atoms with Gasteiger partial charge in [-0.25, -0.2) is 8.42 Å². The van der Waals surface area contributed by atoms with E-state index in [1.807, 2.05) is 31.2 Å². The summed E-state index contributed by atoms with van der Waals surface area (Å²) in [5.74, 6) is -0.486. The summed E-state index contributed by atoms with van der Waals surface area (Å²) in [5, 5.41) is 0. The molecule has 0 saturated heterocycles. The van der Waals surface area contributed by atoms with Gasteiger partial charge in [-0.1, -0.05) is 29.8 Å². The lowest BCUT2D eigenvalue weighted by Crippen LogP contribution is -2.12. The summed E-state index contributed by atoms with van der Waals surface area (Å²) in [4.78, 5) is 10.7. The van der Waals surface area contributed by atoms with Crippen LogP contribution >= 0.6 is 0 Å². The molecule has 0 amide bonds. The number of hydrogen-bond acceptors (Lipinski definition) is 3. The number of carbonyl (C=O) groups is 1.